The maximum atomic E-state index is 13.3. The van der Waals surface area contributed by atoms with Gasteiger partial charge in [0.05, 0.1) is 4.90 Å². The second-order valence-corrected chi connectivity index (χ2v) is 8.32. The zero-order valence-corrected chi connectivity index (χ0v) is 16.5. The Balaban J connectivity index is 2.10. The van der Waals surface area contributed by atoms with E-state index in [0.29, 0.717) is 17.7 Å². The van der Waals surface area contributed by atoms with E-state index in [2.05, 4.69) is 5.32 Å². The van der Waals surface area contributed by atoms with Crippen LogP contribution in [0, 0.1) is 5.82 Å². The first-order valence-electron chi connectivity index (χ1n) is 8.53. The maximum absolute atomic E-state index is 13.3. The highest BCUT2D eigenvalue weighted by Gasteiger charge is 2.21. The Kier molecular flexibility index (Phi) is 6.92. The van der Waals surface area contributed by atoms with Crippen LogP contribution in [0.1, 0.15) is 18.1 Å². The fourth-order valence-corrected chi connectivity index (χ4v) is 3.68. The zero-order valence-electron chi connectivity index (χ0n) is 15.6. The topological polar surface area (TPSA) is 69.7 Å². The lowest BCUT2D eigenvalue weighted by Crippen LogP contribution is -2.39. The van der Waals surface area contributed by atoms with Crippen molar-refractivity contribution >= 4 is 16.1 Å². The van der Waals surface area contributed by atoms with Gasteiger partial charge in [0.25, 0.3) is 0 Å². The van der Waals surface area contributed by atoms with Crippen molar-refractivity contribution in [2.45, 2.75) is 24.9 Å². The fraction of sp³-hybridized carbons (Fsp3) is 0.316. The Morgan fingerprint density at radius 2 is 1.81 bits per heavy atom. The molecule has 27 heavy (non-hydrogen) atoms. The highest BCUT2D eigenvalue weighted by molar-refractivity contribution is 7.89. The summed E-state index contributed by atoms with van der Waals surface area (Å²) in [6, 6.07) is 12.3. The van der Waals surface area contributed by atoms with Crippen molar-refractivity contribution in [1.29, 1.82) is 0 Å². The number of benzene rings is 2. The molecule has 0 aromatic heterocycles. The summed E-state index contributed by atoms with van der Waals surface area (Å²) in [5, 5.41) is 2.75. The predicted molar refractivity (Wildman–Crippen MR) is 102 cm³/mol. The Hall–Kier alpha value is -2.45. The summed E-state index contributed by atoms with van der Waals surface area (Å²) in [5.74, 6) is -0.355. The minimum Gasteiger partial charge on any atom is -0.334 e. The lowest BCUT2D eigenvalue weighted by atomic mass is 10.2. The quantitative estimate of drug-likeness (QED) is 0.786. The molecule has 2 aromatic carbocycles. The van der Waals surface area contributed by atoms with Crippen LogP contribution in [0.15, 0.2) is 53.4 Å². The van der Waals surface area contributed by atoms with Crippen LogP contribution in [0.4, 0.5) is 9.18 Å². The lowest BCUT2D eigenvalue weighted by molar-refractivity contribution is 0.197. The number of amides is 2. The lowest BCUT2D eigenvalue weighted by Gasteiger charge is -2.22. The Bertz CT molecular complexity index is 901. The summed E-state index contributed by atoms with van der Waals surface area (Å²) in [7, 11) is -0.686. The van der Waals surface area contributed by atoms with Crippen LogP contribution in [0.3, 0.4) is 0 Å². The fourth-order valence-electron chi connectivity index (χ4n) is 2.56. The van der Waals surface area contributed by atoms with Crippen molar-refractivity contribution in [3.8, 4) is 0 Å². The SMILES string of the molecule is CCN(Cc1cccc(F)c1)C(=O)NCc1ccccc1S(=O)(=O)N(C)C. The molecule has 146 valence electrons. The van der Waals surface area contributed by atoms with Crippen molar-refractivity contribution in [2.24, 2.45) is 0 Å². The first-order chi connectivity index (χ1) is 12.8. The molecule has 0 aliphatic carbocycles. The van der Waals surface area contributed by atoms with Gasteiger partial charge in [-0.1, -0.05) is 30.3 Å². The molecular formula is C19H24FN3O3S. The minimum absolute atomic E-state index is 0.0712. The number of nitrogens with zero attached hydrogens (tertiary/aromatic N) is 2. The third-order valence-corrected chi connectivity index (χ3v) is 6.01. The van der Waals surface area contributed by atoms with Crippen LogP contribution in [0.2, 0.25) is 0 Å². The van der Waals surface area contributed by atoms with Crippen molar-refractivity contribution < 1.29 is 17.6 Å². The van der Waals surface area contributed by atoms with Crippen molar-refractivity contribution in [2.75, 3.05) is 20.6 Å². The average molecular weight is 393 g/mol. The van der Waals surface area contributed by atoms with Gasteiger partial charge in [0.2, 0.25) is 10.0 Å². The van der Waals surface area contributed by atoms with E-state index in [-0.39, 0.29) is 29.8 Å². The molecule has 0 fully saturated rings. The van der Waals surface area contributed by atoms with Crippen LogP contribution in [-0.2, 0) is 23.1 Å². The molecule has 0 atom stereocenters. The number of hydrogen-bond donors (Lipinski definition) is 1. The number of urea groups is 1. The van der Waals surface area contributed by atoms with Gasteiger partial charge >= 0.3 is 6.03 Å². The second-order valence-electron chi connectivity index (χ2n) is 6.20. The second kappa shape index (κ2) is 8.96. The third-order valence-electron chi connectivity index (χ3n) is 4.09. The first kappa shape index (κ1) is 20.9. The van der Waals surface area contributed by atoms with E-state index in [1.54, 1.807) is 30.3 Å². The molecule has 6 nitrogen and oxygen atoms in total. The van der Waals surface area contributed by atoms with Crippen molar-refractivity contribution in [3.05, 3.63) is 65.5 Å². The summed E-state index contributed by atoms with van der Waals surface area (Å²) in [5.41, 5.74) is 1.18. The van der Waals surface area contributed by atoms with E-state index in [9.17, 15) is 17.6 Å². The molecule has 0 bridgehead atoms. The van der Waals surface area contributed by atoms with Gasteiger partial charge in [0.15, 0.2) is 0 Å². The van der Waals surface area contributed by atoms with Crippen LogP contribution in [-0.4, -0.2) is 44.3 Å². The average Bonchev–Trinajstić information content (AvgIpc) is 2.64. The number of sulfonamides is 1. The van der Waals surface area contributed by atoms with Gasteiger partial charge < -0.3 is 10.2 Å². The zero-order chi connectivity index (χ0) is 20.0. The third kappa shape index (κ3) is 5.27. The smallest absolute Gasteiger partial charge is 0.317 e. The highest BCUT2D eigenvalue weighted by Crippen LogP contribution is 2.18. The van der Waals surface area contributed by atoms with Gasteiger partial charge in [-0.05, 0) is 36.2 Å². The number of carbonyl (C=O) groups excluding carboxylic acids is 1. The normalized spacial score (nSPS) is 11.4. The number of carbonyl (C=O) groups is 1. The van der Waals surface area contributed by atoms with Crippen LogP contribution < -0.4 is 5.32 Å². The van der Waals surface area contributed by atoms with E-state index in [0.717, 1.165) is 4.31 Å². The van der Waals surface area contributed by atoms with Crippen LogP contribution in [0.25, 0.3) is 0 Å². The molecule has 1 N–H and O–H groups in total. The Labute approximate surface area is 159 Å². The molecule has 0 aliphatic rings. The standard InChI is InChI=1S/C19H24FN3O3S/c1-4-23(14-15-8-7-10-17(20)12-15)19(24)21-13-16-9-5-6-11-18(16)27(25,26)22(2)3/h5-12H,4,13-14H2,1-3H3,(H,21,24). The molecule has 2 aromatic rings. The van der Waals surface area contributed by atoms with Crippen molar-refractivity contribution in [3.63, 3.8) is 0 Å². The molecule has 0 aliphatic heterocycles. The number of halogens is 1. The monoisotopic (exact) mass is 393 g/mol. The van der Waals surface area contributed by atoms with Gasteiger partial charge in [-0.15, -0.1) is 0 Å². The predicted octanol–water partition coefficient (Wildman–Crippen LogP) is 2.81. The number of rotatable bonds is 7. The first-order valence-corrected chi connectivity index (χ1v) is 9.97. The van der Waals surface area contributed by atoms with Gasteiger partial charge in [0.1, 0.15) is 5.82 Å². The van der Waals surface area contributed by atoms with Gasteiger partial charge in [0, 0.05) is 33.7 Å². The van der Waals surface area contributed by atoms with E-state index >= 15 is 0 Å². The van der Waals surface area contributed by atoms with E-state index < -0.39 is 10.0 Å². The molecule has 0 spiro atoms. The minimum atomic E-state index is -3.61. The summed E-state index contributed by atoms with van der Waals surface area (Å²) in [6.45, 7) is 2.59. The van der Waals surface area contributed by atoms with Crippen LogP contribution in [0.5, 0.6) is 0 Å². The molecule has 0 saturated heterocycles. The Morgan fingerprint density at radius 1 is 1.11 bits per heavy atom. The van der Waals surface area contributed by atoms with Gasteiger partial charge in [-0.2, -0.15) is 0 Å². The van der Waals surface area contributed by atoms with E-state index in [1.165, 1.54) is 37.2 Å². The summed E-state index contributed by atoms with van der Waals surface area (Å²) >= 11 is 0. The Morgan fingerprint density at radius 3 is 2.44 bits per heavy atom. The molecule has 0 heterocycles. The molecule has 2 rings (SSSR count). The number of hydrogen-bond acceptors (Lipinski definition) is 3. The molecule has 2 amide bonds. The largest absolute Gasteiger partial charge is 0.334 e. The maximum Gasteiger partial charge on any atom is 0.317 e. The number of nitrogens with one attached hydrogen (secondary N) is 1. The molecule has 8 heteroatoms. The molecule has 0 unspecified atom stereocenters. The van der Waals surface area contributed by atoms with Gasteiger partial charge in [-0.25, -0.2) is 21.9 Å². The van der Waals surface area contributed by atoms with Crippen LogP contribution >= 0.6 is 0 Å². The molecule has 0 saturated carbocycles. The summed E-state index contributed by atoms with van der Waals surface area (Å²) in [4.78, 5) is 14.2. The van der Waals surface area contributed by atoms with E-state index in [1.807, 2.05) is 6.92 Å². The molecule has 0 radical (unpaired) electrons. The van der Waals surface area contributed by atoms with E-state index in [4.69, 9.17) is 0 Å². The summed E-state index contributed by atoms with van der Waals surface area (Å²) in [6.07, 6.45) is 0. The highest BCUT2D eigenvalue weighted by atomic mass is 32.2. The summed E-state index contributed by atoms with van der Waals surface area (Å²) < 4.78 is 39.3. The van der Waals surface area contributed by atoms with Gasteiger partial charge in [-0.3, -0.25) is 0 Å². The molecular weight excluding hydrogens is 369 g/mol. The van der Waals surface area contributed by atoms with Crippen molar-refractivity contribution in [1.82, 2.24) is 14.5 Å².